The first kappa shape index (κ1) is 27.2. The van der Waals surface area contributed by atoms with Crippen molar-refractivity contribution in [1.82, 2.24) is 0 Å². The zero-order valence-corrected chi connectivity index (χ0v) is 26.0. The van der Waals surface area contributed by atoms with Crippen LogP contribution in [0.5, 0.6) is 0 Å². The molecule has 3 rings (SSSR count). The Balaban J connectivity index is 2.36. The van der Waals surface area contributed by atoms with Gasteiger partial charge in [0.15, 0.2) is 0 Å². The van der Waals surface area contributed by atoms with Gasteiger partial charge in [0.1, 0.15) is 0 Å². The Labute approximate surface area is 217 Å². The molecule has 1 aliphatic carbocycles. The number of fused-ring (bicyclic) bond motifs is 1. The molecule has 0 radical (unpaired) electrons. The fraction of sp³-hybridized carbons (Fsp3) is 0.533. The van der Waals surface area contributed by atoms with Crippen LogP contribution in [-0.2, 0) is 30.2 Å². The van der Waals surface area contributed by atoms with Gasteiger partial charge < -0.3 is 0 Å². The van der Waals surface area contributed by atoms with Crippen LogP contribution in [-0.4, -0.2) is 0 Å². The molecule has 33 heavy (non-hydrogen) atoms. The standard InChI is InChI=1S/C30H41.2ClH.Zr/c1-10-11-12-21-15-22-13-14-26(20(2)3)28(27(22)16-21)23-17-24(29(4,5)6)19-25(18-23)30(7,8)9;;;/h13-20H,10-12H2,1-9H3;2*1H;/q;;;+2/p-2. The van der Waals surface area contributed by atoms with Crippen LogP contribution in [0.15, 0.2) is 35.9 Å². The Morgan fingerprint density at radius 1 is 0.909 bits per heavy atom. The van der Waals surface area contributed by atoms with Gasteiger partial charge in [0.25, 0.3) is 0 Å². The average Bonchev–Trinajstić information content (AvgIpc) is 3.08. The molecule has 0 N–H and O–H groups in total. The molecular formula is C30H41Cl2Zr. The van der Waals surface area contributed by atoms with E-state index in [1.54, 1.807) is 0 Å². The van der Waals surface area contributed by atoms with Crippen molar-refractivity contribution in [1.29, 1.82) is 0 Å². The summed E-state index contributed by atoms with van der Waals surface area (Å²) in [5.74, 6) is 0.443. The fourth-order valence-electron chi connectivity index (χ4n) is 4.82. The van der Waals surface area contributed by atoms with Crippen LogP contribution < -0.4 is 0 Å². The molecule has 0 amide bonds. The van der Waals surface area contributed by atoms with Crippen LogP contribution in [0, 0.1) is 0 Å². The van der Waals surface area contributed by atoms with Gasteiger partial charge in [0, 0.05) is 0 Å². The predicted octanol–water partition coefficient (Wildman–Crippen LogP) is 10.6. The van der Waals surface area contributed by atoms with Crippen molar-refractivity contribution in [3.8, 4) is 11.1 Å². The van der Waals surface area contributed by atoms with Gasteiger partial charge in [-0.15, -0.1) is 0 Å². The molecule has 0 aromatic heterocycles. The van der Waals surface area contributed by atoms with E-state index in [0.29, 0.717) is 5.92 Å². The van der Waals surface area contributed by atoms with Gasteiger partial charge in [-0.2, -0.15) is 0 Å². The summed E-state index contributed by atoms with van der Waals surface area (Å²) in [6.45, 7) is 20.8. The van der Waals surface area contributed by atoms with E-state index in [-0.39, 0.29) is 14.5 Å². The molecule has 2 aromatic rings. The van der Waals surface area contributed by atoms with E-state index in [1.165, 1.54) is 57.4 Å². The number of hydrogen-bond acceptors (Lipinski definition) is 0. The van der Waals surface area contributed by atoms with Crippen LogP contribution in [0.2, 0.25) is 0 Å². The topological polar surface area (TPSA) is 0 Å². The molecule has 0 heterocycles. The second-order valence-electron chi connectivity index (χ2n) is 12.0. The molecule has 2 aromatic carbocycles. The van der Waals surface area contributed by atoms with Gasteiger partial charge in [0.2, 0.25) is 0 Å². The van der Waals surface area contributed by atoms with Crippen molar-refractivity contribution in [3.63, 3.8) is 0 Å². The predicted molar refractivity (Wildman–Crippen MR) is 145 cm³/mol. The van der Waals surface area contributed by atoms with Gasteiger partial charge in [0.05, 0.1) is 0 Å². The normalized spacial score (nSPS) is 16.2. The average molecular weight is 564 g/mol. The van der Waals surface area contributed by atoms with Gasteiger partial charge >= 0.3 is 219 Å². The molecule has 179 valence electrons. The molecule has 0 nitrogen and oxygen atoms in total. The number of benzene rings is 2. The molecule has 3 heteroatoms. The number of rotatable bonds is 6. The quantitative estimate of drug-likeness (QED) is 0.328. The molecule has 0 saturated carbocycles. The van der Waals surface area contributed by atoms with E-state index in [0.717, 1.165) is 6.42 Å². The molecule has 0 spiro atoms. The summed E-state index contributed by atoms with van der Waals surface area (Å²) in [5.41, 5.74) is 11.3. The molecule has 1 atom stereocenters. The Hall–Kier alpha value is -0.357. The van der Waals surface area contributed by atoms with Crippen molar-refractivity contribution in [2.45, 2.75) is 102 Å². The van der Waals surface area contributed by atoms with Gasteiger partial charge in [-0.3, -0.25) is 0 Å². The van der Waals surface area contributed by atoms with Crippen molar-refractivity contribution < 1.29 is 19.4 Å². The molecule has 0 bridgehead atoms. The molecular weight excluding hydrogens is 522 g/mol. The van der Waals surface area contributed by atoms with E-state index in [9.17, 15) is 0 Å². The minimum absolute atomic E-state index is 0.0871. The second-order valence-corrected chi connectivity index (χ2v) is 20.8. The SMILES string of the molecule is CCCCC1=Cc2c(ccc(C(C)C)c2-c2cc(C(C)(C)C)cc(C(C)(C)C)c2)[CH]1[Zr]([Cl])[Cl]. The Kier molecular flexibility index (Phi) is 8.52. The molecule has 0 saturated heterocycles. The van der Waals surface area contributed by atoms with E-state index in [2.05, 4.69) is 98.7 Å². The van der Waals surface area contributed by atoms with E-state index >= 15 is 0 Å². The van der Waals surface area contributed by atoms with Gasteiger partial charge in [-0.25, -0.2) is 0 Å². The molecule has 1 aliphatic rings. The van der Waals surface area contributed by atoms with Gasteiger partial charge in [-0.05, 0) is 0 Å². The van der Waals surface area contributed by atoms with Gasteiger partial charge in [-0.1, -0.05) is 0 Å². The van der Waals surface area contributed by atoms with Crippen LogP contribution >= 0.6 is 17.0 Å². The number of unbranched alkanes of at least 4 members (excludes halogenated alkanes) is 1. The zero-order chi connectivity index (χ0) is 24.7. The third-order valence-electron chi connectivity index (χ3n) is 6.94. The van der Waals surface area contributed by atoms with Crippen molar-refractivity contribution in [2.24, 2.45) is 0 Å². The van der Waals surface area contributed by atoms with Crippen molar-refractivity contribution >= 4 is 23.1 Å². The third kappa shape index (κ3) is 5.90. The molecule has 1 unspecified atom stereocenters. The maximum atomic E-state index is 6.78. The van der Waals surface area contributed by atoms with Crippen molar-refractivity contribution in [2.75, 3.05) is 0 Å². The van der Waals surface area contributed by atoms with E-state index < -0.39 is 19.4 Å². The zero-order valence-electron chi connectivity index (χ0n) is 22.0. The number of halogens is 2. The first-order valence-corrected chi connectivity index (χ1v) is 20.2. The van der Waals surface area contributed by atoms with Crippen molar-refractivity contribution in [3.05, 3.63) is 63.7 Å². The summed E-state index contributed by atoms with van der Waals surface area (Å²) in [6, 6.07) is 12.0. The van der Waals surface area contributed by atoms with E-state index in [1.807, 2.05) is 0 Å². The second kappa shape index (κ2) is 10.3. The summed E-state index contributed by atoms with van der Waals surface area (Å²) in [6.07, 6.45) is 5.95. The Morgan fingerprint density at radius 3 is 1.94 bits per heavy atom. The van der Waals surface area contributed by atoms with Crippen LogP contribution in [0.1, 0.15) is 119 Å². The summed E-state index contributed by atoms with van der Waals surface area (Å²) in [5, 5.41) is 0. The first-order valence-electron chi connectivity index (χ1n) is 12.5. The molecule has 0 aliphatic heterocycles. The Morgan fingerprint density at radius 2 is 1.48 bits per heavy atom. The van der Waals surface area contributed by atoms with Crippen LogP contribution in [0.4, 0.5) is 0 Å². The minimum atomic E-state index is -2.53. The van der Waals surface area contributed by atoms with E-state index in [4.69, 9.17) is 17.0 Å². The maximum absolute atomic E-state index is 6.78. The molecule has 0 fully saturated rings. The fourth-order valence-corrected chi connectivity index (χ4v) is 10.3. The third-order valence-corrected chi connectivity index (χ3v) is 12.3. The summed E-state index contributed by atoms with van der Waals surface area (Å²) >= 11 is -2.53. The monoisotopic (exact) mass is 561 g/mol. The summed E-state index contributed by atoms with van der Waals surface area (Å²) in [4.78, 5) is 0. The number of allylic oxidation sites excluding steroid dienone is 1. The summed E-state index contributed by atoms with van der Waals surface area (Å²) in [7, 11) is 13.6. The Bertz CT molecular complexity index is 1000. The van der Waals surface area contributed by atoms with Crippen LogP contribution in [0.3, 0.4) is 0 Å². The first-order chi connectivity index (χ1) is 15.3. The summed E-state index contributed by atoms with van der Waals surface area (Å²) < 4.78 is 0.283. The number of hydrogen-bond donors (Lipinski definition) is 0. The van der Waals surface area contributed by atoms with Crippen LogP contribution in [0.25, 0.3) is 17.2 Å².